The van der Waals surface area contributed by atoms with E-state index in [2.05, 4.69) is 10.3 Å². The third-order valence-electron chi connectivity index (χ3n) is 2.98. The Labute approximate surface area is 146 Å². The molecule has 1 aromatic carbocycles. The first-order chi connectivity index (χ1) is 11.1. The molecule has 0 unspecified atom stereocenters. The first kappa shape index (κ1) is 18.6. The summed E-state index contributed by atoms with van der Waals surface area (Å²) in [5.41, 5.74) is 1.79. The molecule has 0 bridgehead atoms. The van der Waals surface area contributed by atoms with Crippen LogP contribution in [0.1, 0.15) is 16.7 Å². The summed E-state index contributed by atoms with van der Waals surface area (Å²) in [5, 5.41) is 2.79. The summed E-state index contributed by atoms with van der Waals surface area (Å²) in [4.78, 5) is 15.6. The number of aryl methyl sites for hydroxylation is 2. The Morgan fingerprint density at radius 1 is 1.21 bits per heavy atom. The lowest BCUT2D eigenvalue weighted by Crippen LogP contribution is -2.14. The maximum atomic E-state index is 12.6. The van der Waals surface area contributed by atoms with Crippen LogP contribution < -0.4 is 5.32 Å². The third-order valence-corrected chi connectivity index (χ3v) is 4.39. The number of alkyl halides is 3. The SMILES string of the molecule is Cc1cc(C)cc(NC(=O)CSc2ncc(C(F)(F)F)cc2Cl)c1. The van der Waals surface area contributed by atoms with Gasteiger partial charge in [0, 0.05) is 11.9 Å². The normalized spacial score (nSPS) is 11.4. The van der Waals surface area contributed by atoms with Crippen molar-refractivity contribution in [3.05, 3.63) is 52.2 Å². The molecule has 24 heavy (non-hydrogen) atoms. The second-order valence-corrected chi connectivity index (χ2v) is 6.59. The number of nitrogens with zero attached hydrogens (tertiary/aromatic N) is 1. The first-order valence-electron chi connectivity index (χ1n) is 6.89. The average molecular weight is 375 g/mol. The summed E-state index contributed by atoms with van der Waals surface area (Å²) in [6, 6.07) is 6.45. The van der Waals surface area contributed by atoms with Crippen LogP contribution in [0, 0.1) is 13.8 Å². The molecule has 1 amide bonds. The molecule has 128 valence electrons. The van der Waals surface area contributed by atoms with Crippen LogP contribution in [0.25, 0.3) is 0 Å². The number of pyridine rings is 1. The van der Waals surface area contributed by atoms with Crippen LogP contribution in [0.15, 0.2) is 35.5 Å². The number of carbonyl (C=O) groups excluding carboxylic acids is 1. The van der Waals surface area contributed by atoms with Crippen molar-refractivity contribution in [3.8, 4) is 0 Å². The number of nitrogens with one attached hydrogen (secondary N) is 1. The average Bonchev–Trinajstić information content (AvgIpc) is 2.43. The zero-order valence-corrected chi connectivity index (χ0v) is 14.4. The van der Waals surface area contributed by atoms with E-state index in [0.717, 1.165) is 29.0 Å². The molecule has 0 aliphatic carbocycles. The molecule has 1 heterocycles. The summed E-state index contributed by atoms with van der Waals surface area (Å²) < 4.78 is 37.7. The highest BCUT2D eigenvalue weighted by Crippen LogP contribution is 2.33. The van der Waals surface area contributed by atoms with Gasteiger partial charge in [0.25, 0.3) is 0 Å². The molecule has 0 saturated carbocycles. The van der Waals surface area contributed by atoms with Crippen LogP contribution in [-0.4, -0.2) is 16.6 Å². The van der Waals surface area contributed by atoms with Crippen LogP contribution in [-0.2, 0) is 11.0 Å². The molecule has 2 aromatic rings. The van der Waals surface area contributed by atoms with Crippen LogP contribution in [0.5, 0.6) is 0 Å². The fourth-order valence-corrected chi connectivity index (χ4v) is 3.06. The minimum Gasteiger partial charge on any atom is -0.325 e. The van der Waals surface area contributed by atoms with Gasteiger partial charge in [-0.1, -0.05) is 29.4 Å². The Morgan fingerprint density at radius 3 is 2.38 bits per heavy atom. The lowest BCUT2D eigenvalue weighted by molar-refractivity contribution is -0.137. The van der Waals surface area contributed by atoms with Crippen molar-refractivity contribution in [3.63, 3.8) is 0 Å². The zero-order chi connectivity index (χ0) is 17.9. The van der Waals surface area contributed by atoms with Gasteiger partial charge in [0.15, 0.2) is 0 Å². The number of halogens is 4. The van der Waals surface area contributed by atoms with Gasteiger partial charge in [-0.3, -0.25) is 4.79 Å². The van der Waals surface area contributed by atoms with Crippen molar-refractivity contribution in [2.24, 2.45) is 0 Å². The molecule has 0 aliphatic heterocycles. The Hall–Kier alpha value is -1.73. The number of thioether (sulfide) groups is 1. The largest absolute Gasteiger partial charge is 0.417 e. The molecular weight excluding hydrogens is 361 g/mol. The molecule has 1 aromatic heterocycles. The molecule has 8 heteroatoms. The summed E-state index contributed by atoms with van der Waals surface area (Å²) in [6.07, 6.45) is -3.80. The maximum Gasteiger partial charge on any atom is 0.417 e. The van der Waals surface area contributed by atoms with E-state index in [0.29, 0.717) is 11.9 Å². The van der Waals surface area contributed by atoms with Crippen LogP contribution >= 0.6 is 23.4 Å². The standard InChI is InChI=1S/C16H14ClF3N2OS/c1-9-3-10(2)5-12(4-9)22-14(23)8-24-15-13(17)6-11(7-21-15)16(18,19)20/h3-7H,8H2,1-2H3,(H,22,23). The van der Waals surface area contributed by atoms with E-state index in [1.54, 1.807) is 0 Å². The number of benzene rings is 1. The van der Waals surface area contributed by atoms with Crippen molar-refractivity contribution in [1.82, 2.24) is 4.98 Å². The fraction of sp³-hybridized carbons (Fsp3) is 0.250. The van der Waals surface area contributed by atoms with Gasteiger partial charge in [0.05, 0.1) is 16.3 Å². The number of hydrogen-bond donors (Lipinski definition) is 1. The Balaban J connectivity index is 1.99. The first-order valence-corrected chi connectivity index (χ1v) is 8.25. The van der Waals surface area contributed by atoms with E-state index in [4.69, 9.17) is 11.6 Å². The smallest absolute Gasteiger partial charge is 0.325 e. The van der Waals surface area contributed by atoms with Crippen LogP contribution in [0.4, 0.5) is 18.9 Å². The fourth-order valence-electron chi connectivity index (χ4n) is 2.06. The summed E-state index contributed by atoms with van der Waals surface area (Å²) in [6.45, 7) is 3.84. The Bertz CT molecular complexity index is 745. The number of amides is 1. The molecule has 3 nitrogen and oxygen atoms in total. The second kappa shape index (κ2) is 7.44. The van der Waals surface area contributed by atoms with E-state index in [1.807, 2.05) is 32.0 Å². The molecule has 2 rings (SSSR count). The highest BCUT2D eigenvalue weighted by molar-refractivity contribution is 8.00. The van der Waals surface area contributed by atoms with Crippen molar-refractivity contribution >= 4 is 35.0 Å². The summed E-state index contributed by atoms with van der Waals surface area (Å²) in [7, 11) is 0. The van der Waals surface area contributed by atoms with Crippen molar-refractivity contribution in [2.75, 3.05) is 11.1 Å². The Kier molecular flexibility index (Phi) is 5.77. The van der Waals surface area contributed by atoms with E-state index in [9.17, 15) is 18.0 Å². The summed E-state index contributed by atoms with van der Waals surface area (Å²) in [5.74, 6) is -0.298. The second-order valence-electron chi connectivity index (χ2n) is 5.22. The van der Waals surface area contributed by atoms with Gasteiger partial charge >= 0.3 is 6.18 Å². The lowest BCUT2D eigenvalue weighted by atomic mass is 10.1. The topological polar surface area (TPSA) is 42.0 Å². The molecule has 0 radical (unpaired) electrons. The minimum atomic E-state index is -4.50. The van der Waals surface area contributed by atoms with Crippen LogP contribution in [0.2, 0.25) is 5.02 Å². The lowest BCUT2D eigenvalue weighted by Gasteiger charge is -2.09. The van der Waals surface area contributed by atoms with Crippen molar-refractivity contribution in [1.29, 1.82) is 0 Å². The highest BCUT2D eigenvalue weighted by Gasteiger charge is 2.31. The van der Waals surface area contributed by atoms with Crippen molar-refractivity contribution < 1.29 is 18.0 Å². The van der Waals surface area contributed by atoms with E-state index >= 15 is 0 Å². The van der Waals surface area contributed by atoms with E-state index in [1.165, 1.54) is 0 Å². The van der Waals surface area contributed by atoms with Crippen LogP contribution in [0.3, 0.4) is 0 Å². The third kappa shape index (κ3) is 5.14. The van der Waals surface area contributed by atoms with Crippen molar-refractivity contribution in [2.45, 2.75) is 25.0 Å². The van der Waals surface area contributed by atoms with Gasteiger partial charge in [-0.15, -0.1) is 0 Å². The monoisotopic (exact) mass is 374 g/mol. The molecular formula is C16H14ClF3N2OS. The molecule has 0 spiro atoms. The predicted octanol–water partition coefficient (Wildman–Crippen LogP) is 5.10. The van der Waals surface area contributed by atoms with Gasteiger partial charge < -0.3 is 5.32 Å². The number of hydrogen-bond acceptors (Lipinski definition) is 3. The predicted molar refractivity (Wildman–Crippen MR) is 89.5 cm³/mol. The number of anilines is 1. The molecule has 0 aliphatic rings. The van der Waals surface area contributed by atoms with Gasteiger partial charge in [0.1, 0.15) is 5.03 Å². The number of aromatic nitrogens is 1. The van der Waals surface area contributed by atoms with Gasteiger partial charge in [-0.25, -0.2) is 4.98 Å². The maximum absolute atomic E-state index is 12.6. The molecule has 0 saturated heterocycles. The number of carbonyl (C=O) groups is 1. The van der Waals surface area contributed by atoms with Gasteiger partial charge in [0.2, 0.25) is 5.91 Å². The van der Waals surface area contributed by atoms with Gasteiger partial charge in [-0.05, 0) is 43.2 Å². The zero-order valence-electron chi connectivity index (χ0n) is 12.9. The Morgan fingerprint density at radius 2 is 1.83 bits per heavy atom. The van der Waals surface area contributed by atoms with E-state index < -0.39 is 11.7 Å². The quantitative estimate of drug-likeness (QED) is 0.757. The molecule has 1 N–H and O–H groups in total. The minimum absolute atomic E-state index is 0.00886. The molecule has 0 fully saturated rings. The van der Waals surface area contributed by atoms with Gasteiger partial charge in [-0.2, -0.15) is 13.2 Å². The van der Waals surface area contributed by atoms with E-state index in [-0.39, 0.29) is 21.7 Å². The summed E-state index contributed by atoms with van der Waals surface area (Å²) >= 11 is 6.79. The highest BCUT2D eigenvalue weighted by atomic mass is 35.5. The number of rotatable bonds is 4. The molecule has 0 atom stereocenters.